The first-order valence-corrected chi connectivity index (χ1v) is 8.35. The lowest BCUT2D eigenvalue weighted by molar-refractivity contribution is 0.206. The van der Waals surface area contributed by atoms with Crippen LogP contribution in [-0.4, -0.2) is 15.5 Å². The Morgan fingerprint density at radius 3 is 2.72 bits per heavy atom. The molecule has 3 atom stereocenters. The van der Waals surface area contributed by atoms with Crippen LogP contribution in [-0.2, 0) is 10.8 Å². The van der Waals surface area contributed by atoms with Gasteiger partial charge in [-0.25, -0.2) is 0 Å². The van der Waals surface area contributed by atoms with Gasteiger partial charge in [-0.1, -0.05) is 32.4 Å². The molecule has 0 spiro atoms. The normalized spacial score (nSPS) is 28.9. The van der Waals surface area contributed by atoms with Crippen molar-refractivity contribution in [1.29, 1.82) is 0 Å². The van der Waals surface area contributed by atoms with Gasteiger partial charge in [0, 0.05) is 10.5 Å². The summed E-state index contributed by atoms with van der Waals surface area (Å²) in [4.78, 5) is 0.871. The van der Waals surface area contributed by atoms with E-state index in [1.54, 1.807) is 0 Å². The molecule has 2 rings (SSSR count). The molecule has 0 radical (unpaired) electrons. The van der Waals surface area contributed by atoms with Crippen LogP contribution in [0.4, 0.5) is 0 Å². The number of benzene rings is 1. The highest BCUT2D eigenvalue weighted by molar-refractivity contribution is 9.10. The molecule has 2 N–H and O–H groups in total. The molecular weight excluding hydrogens is 310 g/mol. The minimum Gasteiger partial charge on any atom is -0.326 e. The van der Waals surface area contributed by atoms with Crippen LogP contribution in [0.5, 0.6) is 0 Å². The Morgan fingerprint density at radius 1 is 1.39 bits per heavy atom. The van der Waals surface area contributed by atoms with E-state index in [4.69, 9.17) is 5.73 Å². The highest BCUT2D eigenvalue weighted by Gasteiger charge is 2.39. The molecule has 1 aliphatic rings. The third-order valence-electron chi connectivity index (χ3n) is 3.94. The van der Waals surface area contributed by atoms with Crippen LogP contribution in [0.25, 0.3) is 0 Å². The molecule has 0 amide bonds. The smallest absolute Gasteiger partial charge is 0.0588 e. The van der Waals surface area contributed by atoms with Crippen LogP contribution in [0.15, 0.2) is 33.6 Å². The molecule has 2 nitrogen and oxygen atoms in total. The van der Waals surface area contributed by atoms with E-state index in [9.17, 15) is 4.21 Å². The maximum atomic E-state index is 12.7. The summed E-state index contributed by atoms with van der Waals surface area (Å²) in [5.41, 5.74) is 6.42. The molecule has 0 saturated heterocycles. The maximum Gasteiger partial charge on any atom is 0.0588 e. The van der Waals surface area contributed by atoms with E-state index >= 15 is 0 Å². The molecule has 0 bridgehead atoms. The van der Waals surface area contributed by atoms with Crippen molar-refractivity contribution < 1.29 is 4.21 Å². The largest absolute Gasteiger partial charge is 0.326 e. The van der Waals surface area contributed by atoms with E-state index in [1.165, 1.54) is 0 Å². The fourth-order valence-electron chi connectivity index (χ4n) is 2.62. The van der Waals surface area contributed by atoms with Crippen molar-refractivity contribution in [2.75, 3.05) is 0 Å². The molecule has 1 saturated carbocycles. The first-order valence-electron chi connectivity index (χ1n) is 6.34. The van der Waals surface area contributed by atoms with E-state index in [-0.39, 0.29) is 16.7 Å². The summed E-state index contributed by atoms with van der Waals surface area (Å²) in [5, 5.41) is 0.0625. The number of hydrogen-bond acceptors (Lipinski definition) is 2. The summed E-state index contributed by atoms with van der Waals surface area (Å²) in [6, 6.07) is 7.73. The quantitative estimate of drug-likeness (QED) is 0.902. The molecule has 18 heavy (non-hydrogen) atoms. The molecule has 1 aliphatic carbocycles. The van der Waals surface area contributed by atoms with Gasteiger partial charge in [-0.05, 0) is 46.3 Å². The lowest BCUT2D eigenvalue weighted by atomic mass is 9.73. The minimum atomic E-state index is -1.03. The summed E-state index contributed by atoms with van der Waals surface area (Å²) in [6.45, 7) is 4.36. The minimum absolute atomic E-state index is 0.000751. The van der Waals surface area contributed by atoms with Gasteiger partial charge in [0.1, 0.15) is 0 Å². The second-order valence-corrected chi connectivity index (χ2v) is 8.17. The zero-order valence-corrected chi connectivity index (χ0v) is 13.3. The van der Waals surface area contributed by atoms with Gasteiger partial charge in [-0.3, -0.25) is 4.21 Å². The van der Waals surface area contributed by atoms with Crippen LogP contribution in [0.3, 0.4) is 0 Å². The average molecular weight is 330 g/mol. The van der Waals surface area contributed by atoms with Crippen molar-refractivity contribution >= 4 is 26.7 Å². The first kappa shape index (κ1) is 14.2. The number of nitrogens with two attached hydrogens (primary N) is 1. The topological polar surface area (TPSA) is 43.1 Å². The Kier molecular flexibility index (Phi) is 4.29. The lowest BCUT2D eigenvalue weighted by Crippen LogP contribution is -2.51. The van der Waals surface area contributed by atoms with Crippen molar-refractivity contribution in [3.8, 4) is 0 Å². The molecule has 3 unspecified atom stereocenters. The number of halogens is 1. The van der Waals surface area contributed by atoms with Crippen molar-refractivity contribution in [3.63, 3.8) is 0 Å². The lowest BCUT2D eigenvalue weighted by Gasteiger charge is -2.41. The summed E-state index contributed by atoms with van der Waals surface area (Å²) in [6.07, 6.45) is 3.19. The fraction of sp³-hybridized carbons (Fsp3) is 0.571. The standard InChI is InChI=1S/C14H20BrNOS/c1-14(2)9-5-8-12(13(14)16)18(17)11-7-4-3-6-10(11)15/h3-4,6-7,12-13H,5,8-9,16H2,1-2H3. The molecule has 1 aromatic carbocycles. The van der Waals surface area contributed by atoms with E-state index in [2.05, 4.69) is 29.8 Å². The Balaban J connectivity index is 2.27. The molecule has 0 aromatic heterocycles. The summed E-state index contributed by atoms with van der Waals surface area (Å²) in [5.74, 6) is 0. The van der Waals surface area contributed by atoms with Gasteiger partial charge in [0.25, 0.3) is 0 Å². The van der Waals surface area contributed by atoms with Crippen molar-refractivity contribution in [1.82, 2.24) is 0 Å². The van der Waals surface area contributed by atoms with Gasteiger partial charge in [0.2, 0.25) is 0 Å². The fourth-order valence-corrected chi connectivity index (χ4v) is 5.20. The predicted molar refractivity (Wildman–Crippen MR) is 79.9 cm³/mol. The van der Waals surface area contributed by atoms with Gasteiger partial charge in [0.05, 0.1) is 20.9 Å². The number of hydrogen-bond donors (Lipinski definition) is 1. The second-order valence-electron chi connectivity index (χ2n) is 5.67. The van der Waals surface area contributed by atoms with Crippen LogP contribution in [0, 0.1) is 5.41 Å². The predicted octanol–water partition coefficient (Wildman–Crippen LogP) is 3.46. The van der Waals surface area contributed by atoms with Gasteiger partial charge < -0.3 is 5.73 Å². The maximum absolute atomic E-state index is 12.7. The van der Waals surface area contributed by atoms with E-state index < -0.39 is 10.8 Å². The van der Waals surface area contributed by atoms with Crippen LogP contribution in [0.1, 0.15) is 33.1 Å². The van der Waals surface area contributed by atoms with Gasteiger partial charge in [-0.15, -0.1) is 0 Å². The average Bonchev–Trinajstić information content (AvgIpc) is 2.32. The van der Waals surface area contributed by atoms with Crippen molar-refractivity contribution in [3.05, 3.63) is 28.7 Å². The molecule has 4 heteroatoms. The first-order chi connectivity index (χ1) is 8.43. The van der Waals surface area contributed by atoms with E-state index in [1.807, 2.05) is 24.3 Å². The highest BCUT2D eigenvalue weighted by atomic mass is 79.9. The molecule has 0 heterocycles. The monoisotopic (exact) mass is 329 g/mol. The molecular formula is C14H20BrNOS. The van der Waals surface area contributed by atoms with E-state index in [0.29, 0.717) is 0 Å². The molecule has 100 valence electrons. The number of rotatable bonds is 2. The summed E-state index contributed by atoms with van der Waals surface area (Å²) < 4.78 is 13.6. The van der Waals surface area contributed by atoms with Gasteiger partial charge >= 0.3 is 0 Å². The zero-order valence-electron chi connectivity index (χ0n) is 10.9. The van der Waals surface area contributed by atoms with Crippen LogP contribution < -0.4 is 5.73 Å². The van der Waals surface area contributed by atoms with Crippen molar-refractivity contribution in [2.24, 2.45) is 11.1 Å². The third-order valence-corrected chi connectivity index (χ3v) is 6.76. The second kappa shape index (κ2) is 5.43. The van der Waals surface area contributed by atoms with Gasteiger partial charge in [0.15, 0.2) is 0 Å². The summed E-state index contributed by atoms with van der Waals surface area (Å²) in [7, 11) is -1.03. The van der Waals surface area contributed by atoms with Crippen LogP contribution in [0.2, 0.25) is 0 Å². The third kappa shape index (κ3) is 2.70. The zero-order chi connectivity index (χ0) is 13.3. The Bertz CT molecular complexity index is 461. The van der Waals surface area contributed by atoms with Gasteiger partial charge in [-0.2, -0.15) is 0 Å². The van der Waals surface area contributed by atoms with Crippen LogP contribution >= 0.6 is 15.9 Å². The Morgan fingerprint density at radius 2 is 2.06 bits per heavy atom. The highest BCUT2D eigenvalue weighted by Crippen LogP contribution is 2.38. The Hall–Kier alpha value is -0.190. The molecule has 1 fully saturated rings. The SMILES string of the molecule is CC1(C)CCCC(S(=O)c2ccccc2Br)C1N. The Labute approximate surface area is 120 Å². The summed E-state index contributed by atoms with van der Waals surface area (Å²) >= 11 is 3.48. The van der Waals surface area contributed by atoms with E-state index in [0.717, 1.165) is 28.6 Å². The molecule has 0 aliphatic heterocycles. The molecule has 1 aromatic rings. The van der Waals surface area contributed by atoms with Crippen molar-refractivity contribution in [2.45, 2.75) is 49.3 Å².